The van der Waals surface area contributed by atoms with E-state index < -0.39 is 35.5 Å². The zero-order valence-corrected chi connectivity index (χ0v) is 16.3. The first-order valence-corrected chi connectivity index (χ1v) is 9.25. The first kappa shape index (κ1) is 23.2. The van der Waals surface area contributed by atoms with Crippen LogP contribution in [0.15, 0.2) is 36.7 Å². The van der Waals surface area contributed by atoms with Crippen molar-refractivity contribution >= 4 is 5.91 Å². The van der Waals surface area contributed by atoms with Crippen LogP contribution in [0.3, 0.4) is 0 Å². The molecule has 7 nitrogen and oxygen atoms in total. The van der Waals surface area contributed by atoms with Crippen molar-refractivity contribution in [2.45, 2.75) is 38.2 Å². The molecule has 0 saturated carbocycles. The first-order chi connectivity index (χ1) is 14.9. The van der Waals surface area contributed by atoms with Crippen molar-refractivity contribution in [3.05, 3.63) is 59.6 Å². The lowest BCUT2D eigenvalue weighted by atomic mass is 10.1. The summed E-state index contributed by atoms with van der Waals surface area (Å²) in [6, 6.07) is 5.49. The van der Waals surface area contributed by atoms with E-state index in [1.807, 2.05) is 10.7 Å². The minimum absolute atomic E-state index is 0.456. The average molecular weight is 458 g/mol. The van der Waals surface area contributed by atoms with Crippen molar-refractivity contribution in [1.82, 2.24) is 24.7 Å². The van der Waals surface area contributed by atoms with Crippen molar-refractivity contribution in [2.24, 2.45) is 5.73 Å². The zero-order valence-electron chi connectivity index (χ0n) is 16.3. The molecule has 0 bridgehead atoms. The number of amides is 1. The number of fused-ring (bicyclic) bond motifs is 1. The molecule has 0 saturated heterocycles. The van der Waals surface area contributed by atoms with Crippen LogP contribution >= 0.6 is 0 Å². The van der Waals surface area contributed by atoms with Gasteiger partial charge in [-0.25, -0.2) is 9.97 Å². The number of alkyl halides is 6. The van der Waals surface area contributed by atoms with E-state index in [2.05, 4.69) is 20.1 Å². The maximum absolute atomic E-state index is 12.6. The summed E-state index contributed by atoms with van der Waals surface area (Å²) in [7, 11) is 0. The Morgan fingerprint density at radius 2 is 1.69 bits per heavy atom. The van der Waals surface area contributed by atoms with E-state index in [4.69, 9.17) is 5.73 Å². The SMILES string of the molecule is FC(F)(F)c1cc(-c2cc3n(n2)CCCC3)ccn1.NC(=O)c1ccnc(C(F)(F)F)n1. The number of nitrogens with two attached hydrogens (primary N) is 1. The molecule has 1 aliphatic rings. The Labute approximate surface area is 177 Å². The summed E-state index contributed by atoms with van der Waals surface area (Å²) in [6.45, 7) is 0.840. The Morgan fingerprint density at radius 3 is 2.31 bits per heavy atom. The van der Waals surface area contributed by atoms with E-state index in [-0.39, 0.29) is 0 Å². The molecule has 2 N–H and O–H groups in total. The Balaban J connectivity index is 0.000000195. The summed E-state index contributed by atoms with van der Waals surface area (Å²) in [5.41, 5.74) is 5.53. The first-order valence-electron chi connectivity index (χ1n) is 9.25. The van der Waals surface area contributed by atoms with E-state index in [9.17, 15) is 31.1 Å². The second-order valence-corrected chi connectivity index (χ2v) is 6.76. The maximum atomic E-state index is 12.6. The topological polar surface area (TPSA) is 99.6 Å². The van der Waals surface area contributed by atoms with E-state index >= 15 is 0 Å². The Kier molecular flexibility index (Phi) is 6.46. The van der Waals surface area contributed by atoms with Crippen molar-refractivity contribution in [3.8, 4) is 11.3 Å². The number of nitrogens with zero attached hydrogens (tertiary/aromatic N) is 5. The molecule has 4 rings (SSSR count). The highest BCUT2D eigenvalue weighted by atomic mass is 19.4. The summed E-state index contributed by atoms with van der Waals surface area (Å²) >= 11 is 0. The molecule has 3 aromatic heterocycles. The molecule has 0 aromatic carbocycles. The Bertz CT molecular complexity index is 1080. The van der Waals surface area contributed by atoms with Gasteiger partial charge in [0.2, 0.25) is 5.82 Å². The van der Waals surface area contributed by atoms with Crippen molar-refractivity contribution < 1.29 is 31.1 Å². The van der Waals surface area contributed by atoms with Gasteiger partial charge in [-0.15, -0.1) is 0 Å². The normalized spacial score (nSPS) is 13.7. The molecule has 1 aliphatic heterocycles. The lowest BCUT2D eigenvalue weighted by Gasteiger charge is -2.11. The van der Waals surface area contributed by atoms with Gasteiger partial charge >= 0.3 is 12.4 Å². The predicted octanol–water partition coefficient (Wildman–Crippen LogP) is 3.89. The van der Waals surface area contributed by atoms with Gasteiger partial charge in [0.15, 0.2) is 0 Å². The van der Waals surface area contributed by atoms with Gasteiger partial charge in [0, 0.05) is 30.2 Å². The largest absolute Gasteiger partial charge is 0.451 e. The molecule has 0 atom stereocenters. The predicted molar refractivity (Wildman–Crippen MR) is 98.9 cm³/mol. The fourth-order valence-electron chi connectivity index (χ4n) is 2.94. The number of aryl methyl sites for hydroxylation is 2. The summed E-state index contributed by atoms with van der Waals surface area (Å²) in [6.07, 6.45) is -3.97. The van der Waals surface area contributed by atoms with Gasteiger partial charge in [-0.3, -0.25) is 14.5 Å². The quantitative estimate of drug-likeness (QED) is 0.588. The summed E-state index contributed by atoms with van der Waals surface area (Å²) in [4.78, 5) is 19.7. The van der Waals surface area contributed by atoms with Crippen LogP contribution in [0.25, 0.3) is 11.3 Å². The van der Waals surface area contributed by atoms with Gasteiger partial charge < -0.3 is 5.73 Å². The van der Waals surface area contributed by atoms with E-state index in [0.717, 1.165) is 49.8 Å². The molecule has 0 unspecified atom stereocenters. The fraction of sp³-hybridized carbons (Fsp3) is 0.316. The molecule has 0 aliphatic carbocycles. The number of rotatable bonds is 2. The van der Waals surface area contributed by atoms with Gasteiger partial charge in [0.25, 0.3) is 5.91 Å². The van der Waals surface area contributed by atoms with Crippen LogP contribution in [-0.4, -0.2) is 30.6 Å². The molecule has 170 valence electrons. The molecule has 0 radical (unpaired) electrons. The molecule has 0 fully saturated rings. The number of aromatic nitrogens is 5. The molecule has 4 heterocycles. The van der Waals surface area contributed by atoms with Crippen LogP contribution in [0.4, 0.5) is 26.3 Å². The van der Waals surface area contributed by atoms with Crippen LogP contribution in [0.2, 0.25) is 0 Å². The Hall–Kier alpha value is -3.51. The highest BCUT2D eigenvalue weighted by molar-refractivity contribution is 5.90. The van der Waals surface area contributed by atoms with Gasteiger partial charge in [-0.1, -0.05) is 0 Å². The summed E-state index contributed by atoms with van der Waals surface area (Å²) in [5.74, 6) is -2.39. The lowest BCUT2D eigenvalue weighted by Crippen LogP contribution is -2.18. The molecular formula is C19H16F6N6O. The molecule has 1 amide bonds. The van der Waals surface area contributed by atoms with Gasteiger partial charge in [-0.2, -0.15) is 31.4 Å². The highest BCUT2D eigenvalue weighted by Gasteiger charge is 2.35. The summed E-state index contributed by atoms with van der Waals surface area (Å²) in [5, 5.41) is 4.37. The van der Waals surface area contributed by atoms with E-state index in [0.29, 0.717) is 11.3 Å². The second kappa shape index (κ2) is 8.93. The third kappa shape index (κ3) is 5.59. The number of hydrogen-bond acceptors (Lipinski definition) is 5. The Morgan fingerprint density at radius 1 is 0.969 bits per heavy atom. The number of halogens is 6. The van der Waals surface area contributed by atoms with Crippen molar-refractivity contribution in [2.75, 3.05) is 0 Å². The third-order valence-corrected chi connectivity index (χ3v) is 4.42. The van der Waals surface area contributed by atoms with Gasteiger partial charge in [0.1, 0.15) is 11.4 Å². The number of carbonyl (C=O) groups excluding carboxylic acids is 1. The van der Waals surface area contributed by atoms with E-state index in [1.54, 1.807) is 6.07 Å². The van der Waals surface area contributed by atoms with Gasteiger partial charge in [0.05, 0.1) is 5.69 Å². The molecular weight excluding hydrogens is 442 g/mol. The third-order valence-electron chi connectivity index (χ3n) is 4.42. The standard InChI is InChI=1S/C13H12F3N3.C6H4F3N3O/c14-13(15,16)12-7-9(4-5-17-12)11-8-10-3-1-2-6-19(10)18-11;7-6(8,9)5-11-2-1-3(12-5)4(10)13/h4-5,7-8H,1-3,6H2;1-2H,(H2,10,13). The van der Waals surface area contributed by atoms with Crippen LogP contribution in [0, 0.1) is 0 Å². The number of pyridine rings is 1. The van der Waals surface area contributed by atoms with E-state index in [1.165, 1.54) is 6.20 Å². The van der Waals surface area contributed by atoms with Crippen LogP contribution in [-0.2, 0) is 25.3 Å². The maximum Gasteiger partial charge on any atom is 0.451 e. The smallest absolute Gasteiger partial charge is 0.364 e. The lowest BCUT2D eigenvalue weighted by molar-refractivity contribution is -0.145. The van der Waals surface area contributed by atoms with Crippen LogP contribution < -0.4 is 5.73 Å². The number of carbonyl (C=O) groups is 1. The summed E-state index contributed by atoms with van der Waals surface area (Å²) < 4.78 is 75.6. The zero-order chi connectivity index (χ0) is 23.5. The van der Waals surface area contributed by atoms with Crippen molar-refractivity contribution in [1.29, 1.82) is 0 Å². The molecule has 13 heteroatoms. The van der Waals surface area contributed by atoms with Crippen LogP contribution in [0.1, 0.15) is 40.5 Å². The molecule has 3 aromatic rings. The minimum atomic E-state index is -4.66. The fourth-order valence-corrected chi connectivity index (χ4v) is 2.94. The van der Waals surface area contributed by atoms with Crippen LogP contribution in [0.5, 0.6) is 0 Å². The molecule has 0 spiro atoms. The number of primary amides is 1. The second-order valence-electron chi connectivity index (χ2n) is 6.76. The molecule has 32 heavy (non-hydrogen) atoms. The van der Waals surface area contributed by atoms with Gasteiger partial charge in [-0.05, 0) is 43.5 Å². The van der Waals surface area contributed by atoms with Crippen molar-refractivity contribution in [3.63, 3.8) is 0 Å². The average Bonchev–Trinajstić information content (AvgIpc) is 3.18. The monoisotopic (exact) mass is 458 g/mol. The highest BCUT2D eigenvalue weighted by Crippen LogP contribution is 2.31. The minimum Gasteiger partial charge on any atom is -0.364 e. The number of hydrogen-bond donors (Lipinski definition) is 1.